The Kier molecular flexibility index (Phi) is 7.00. The summed E-state index contributed by atoms with van der Waals surface area (Å²) < 4.78 is 0. The molecule has 0 unspecified atom stereocenters. The molecule has 6 heteroatoms. The molecule has 4 nitrogen and oxygen atoms in total. The second-order valence-corrected chi connectivity index (χ2v) is 8.64. The van der Waals surface area contributed by atoms with Crippen LogP contribution in [-0.2, 0) is 0 Å². The molecule has 26 heavy (non-hydrogen) atoms. The third-order valence-corrected chi connectivity index (χ3v) is 6.47. The molecule has 1 fully saturated rings. The summed E-state index contributed by atoms with van der Waals surface area (Å²) >= 11 is 3.49. The van der Waals surface area contributed by atoms with E-state index < -0.39 is 0 Å². The van der Waals surface area contributed by atoms with Crippen molar-refractivity contribution in [1.29, 1.82) is 0 Å². The Hall–Kier alpha value is -1.50. The molecule has 0 saturated carbocycles. The maximum Gasteiger partial charge on any atom is 0.141 e. The Labute approximate surface area is 164 Å². The van der Waals surface area contributed by atoms with Crippen LogP contribution in [-0.4, -0.2) is 42.2 Å². The molecule has 3 heterocycles. The zero-order chi connectivity index (χ0) is 18.4. The molecule has 0 aromatic carbocycles. The monoisotopic (exact) mass is 388 g/mol. The van der Waals surface area contributed by atoms with Crippen molar-refractivity contribution >= 4 is 28.9 Å². The lowest BCUT2D eigenvalue weighted by Gasteiger charge is -2.37. The minimum absolute atomic E-state index is 0.588. The van der Waals surface area contributed by atoms with E-state index in [1.54, 1.807) is 11.3 Å². The van der Waals surface area contributed by atoms with Crippen molar-refractivity contribution in [3.8, 4) is 0 Å². The number of thiophene rings is 1. The van der Waals surface area contributed by atoms with Gasteiger partial charge in [-0.25, -0.2) is 4.99 Å². The van der Waals surface area contributed by atoms with Gasteiger partial charge < -0.3 is 16.0 Å². The van der Waals surface area contributed by atoms with Gasteiger partial charge in [-0.3, -0.25) is 0 Å². The van der Waals surface area contributed by atoms with E-state index in [1.807, 2.05) is 29.3 Å². The SMILES string of the molecule is C\C1=C/C(N=C(N)c2cccs2)=C(C)\C=C\SCCN1C1CCNCC1. The first kappa shape index (κ1) is 19.3. The second kappa shape index (κ2) is 9.44. The van der Waals surface area contributed by atoms with Crippen LogP contribution in [0.1, 0.15) is 31.6 Å². The highest BCUT2D eigenvalue weighted by Gasteiger charge is 2.21. The van der Waals surface area contributed by atoms with Crippen molar-refractivity contribution in [2.45, 2.75) is 32.7 Å². The molecule has 1 saturated heterocycles. The third kappa shape index (κ3) is 5.02. The molecular formula is C20H28N4S2. The smallest absolute Gasteiger partial charge is 0.141 e. The fourth-order valence-electron chi connectivity index (χ4n) is 3.34. The van der Waals surface area contributed by atoms with Gasteiger partial charge in [0.25, 0.3) is 0 Å². The minimum Gasteiger partial charge on any atom is -0.383 e. The Morgan fingerprint density at radius 1 is 1.31 bits per heavy atom. The van der Waals surface area contributed by atoms with Gasteiger partial charge in [-0.2, -0.15) is 0 Å². The standard InChI is InChI=1S/C20H28N4S2/c1-15-7-12-25-13-10-24(17-5-8-22-9-6-17)16(2)14-18(15)23-20(21)19-4-3-11-26-19/h3-4,7,11-12,14,17,22H,5-6,8-10,13H2,1-2H3,(H2,21,23)/b12-7+,16-14+,18-15+. The van der Waals surface area contributed by atoms with Crippen LogP contribution >= 0.6 is 23.1 Å². The fraction of sp³-hybridized carbons (Fsp3) is 0.450. The topological polar surface area (TPSA) is 53.6 Å². The summed E-state index contributed by atoms with van der Waals surface area (Å²) in [5.74, 6) is 1.69. The first-order chi connectivity index (χ1) is 12.6. The largest absolute Gasteiger partial charge is 0.383 e. The molecule has 0 radical (unpaired) electrons. The van der Waals surface area contributed by atoms with E-state index in [0.717, 1.165) is 41.5 Å². The zero-order valence-electron chi connectivity index (χ0n) is 15.6. The molecule has 2 aliphatic rings. The summed E-state index contributed by atoms with van der Waals surface area (Å²) in [5.41, 5.74) is 9.64. The third-order valence-electron chi connectivity index (χ3n) is 4.83. The van der Waals surface area contributed by atoms with Crippen molar-refractivity contribution in [3.05, 3.63) is 56.9 Å². The molecule has 0 amide bonds. The van der Waals surface area contributed by atoms with Gasteiger partial charge in [0.1, 0.15) is 5.84 Å². The molecule has 0 bridgehead atoms. The van der Waals surface area contributed by atoms with E-state index in [1.165, 1.54) is 18.5 Å². The molecule has 3 rings (SSSR count). The molecule has 1 aromatic heterocycles. The van der Waals surface area contributed by atoms with Crippen LogP contribution in [0.3, 0.4) is 0 Å². The van der Waals surface area contributed by atoms with Gasteiger partial charge in [-0.1, -0.05) is 12.1 Å². The number of allylic oxidation sites excluding steroid dienone is 4. The molecule has 2 aliphatic heterocycles. The summed E-state index contributed by atoms with van der Waals surface area (Å²) in [6.07, 6.45) is 6.75. The van der Waals surface area contributed by atoms with E-state index in [2.05, 4.69) is 41.6 Å². The number of amidine groups is 1. The van der Waals surface area contributed by atoms with Crippen molar-refractivity contribution in [2.75, 3.05) is 25.4 Å². The van der Waals surface area contributed by atoms with Crippen molar-refractivity contribution < 1.29 is 0 Å². The molecule has 0 aliphatic carbocycles. The Morgan fingerprint density at radius 3 is 2.85 bits per heavy atom. The van der Waals surface area contributed by atoms with Crippen LogP contribution in [0.15, 0.2) is 57.0 Å². The number of hydrogen-bond donors (Lipinski definition) is 2. The fourth-order valence-corrected chi connectivity index (χ4v) is 4.71. The highest BCUT2D eigenvalue weighted by atomic mass is 32.2. The van der Waals surface area contributed by atoms with E-state index in [-0.39, 0.29) is 0 Å². The number of piperidine rings is 1. The molecule has 140 valence electrons. The van der Waals surface area contributed by atoms with Crippen LogP contribution in [0.5, 0.6) is 0 Å². The average molecular weight is 389 g/mol. The van der Waals surface area contributed by atoms with Crippen LogP contribution < -0.4 is 11.1 Å². The maximum absolute atomic E-state index is 6.26. The lowest BCUT2D eigenvalue weighted by atomic mass is 10.0. The second-order valence-electron chi connectivity index (χ2n) is 6.68. The lowest BCUT2D eigenvalue weighted by Crippen LogP contribution is -2.43. The first-order valence-corrected chi connectivity index (χ1v) is 11.1. The average Bonchev–Trinajstić information content (AvgIpc) is 3.19. The number of hydrogen-bond acceptors (Lipinski definition) is 5. The Bertz CT molecular complexity index is 710. The van der Waals surface area contributed by atoms with Gasteiger partial charge in [-0.15, -0.1) is 23.1 Å². The summed E-state index contributed by atoms with van der Waals surface area (Å²) in [6, 6.07) is 4.63. The number of nitrogens with two attached hydrogens (primary N) is 1. The normalized spacial score (nSPS) is 27.1. The van der Waals surface area contributed by atoms with Gasteiger partial charge >= 0.3 is 0 Å². The van der Waals surface area contributed by atoms with Crippen LogP contribution in [0.25, 0.3) is 0 Å². The van der Waals surface area contributed by atoms with Crippen molar-refractivity contribution in [3.63, 3.8) is 0 Å². The number of nitrogens with zero attached hydrogens (tertiary/aromatic N) is 2. The van der Waals surface area contributed by atoms with Gasteiger partial charge in [0.2, 0.25) is 0 Å². The van der Waals surface area contributed by atoms with Gasteiger partial charge in [0.15, 0.2) is 0 Å². The van der Waals surface area contributed by atoms with Crippen LogP contribution in [0, 0.1) is 0 Å². The number of aliphatic imine (C=N–C) groups is 1. The van der Waals surface area contributed by atoms with Crippen LogP contribution in [0.4, 0.5) is 0 Å². The van der Waals surface area contributed by atoms with E-state index in [0.29, 0.717) is 11.9 Å². The van der Waals surface area contributed by atoms with Crippen molar-refractivity contribution in [2.24, 2.45) is 10.7 Å². The molecule has 1 aromatic rings. The number of thioether (sulfide) groups is 1. The maximum atomic E-state index is 6.26. The molecule has 0 spiro atoms. The van der Waals surface area contributed by atoms with Gasteiger partial charge in [-0.05, 0) is 68.3 Å². The lowest BCUT2D eigenvalue weighted by molar-refractivity contribution is 0.218. The zero-order valence-corrected chi connectivity index (χ0v) is 17.2. The number of rotatable bonds is 3. The predicted octanol–water partition coefficient (Wildman–Crippen LogP) is 3.95. The Morgan fingerprint density at radius 2 is 2.12 bits per heavy atom. The summed E-state index contributed by atoms with van der Waals surface area (Å²) in [7, 11) is 0. The van der Waals surface area contributed by atoms with E-state index in [9.17, 15) is 0 Å². The van der Waals surface area contributed by atoms with Gasteiger partial charge in [0.05, 0.1) is 10.6 Å². The highest BCUT2D eigenvalue weighted by molar-refractivity contribution is 8.02. The van der Waals surface area contributed by atoms with E-state index in [4.69, 9.17) is 10.7 Å². The summed E-state index contributed by atoms with van der Waals surface area (Å²) in [4.78, 5) is 8.35. The highest BCUT2D eigenvalue weighted by Crippen LogP contribution is 2.23. The first-order valence-electron chi connectivity index (χ1n) is 9.18. The summed E-state index contributed by atoms with van der Waals surface area (Å²) in [6.45, 7) is 7.60. The van der Waals surface area contributed by atoms with E-state index >= 15 is 0 Å². The van der Waals surface area contributed by atoms with Crippen molar-refractivity contribution in [1.82, 2.24) is 10.2 Å². The Balaban J connectivity index is 1.93. The molecule has 0 atom stereocenters. The minimum atomic E-state index is 0.588. The van der Waals surface area contributed by atoms with Crippen LogP contribution in [0.2, 0.25) is 0 Å². The molecular weight excluding hydrogens is 360 g/mol. The quantitative estimate of drug-likeness (QED) is 0.608. The molecule has 3 N–H and O–H groups in total. The number of nitrogens with one attached hydrogen (secondary N) is 1. The summed E-state index contributed by atoms with van der Waals surface area (Å²) in [5, 5.41) is 7.68. The van der Waals surface area contributed by atoms with Gasteiger partial charge in [0, 0.05) is 24.0 Å². The predicted molar refractivity (Wildman–Crippen MR) is 116 cm³/mol.